The second-order valence-electron chi connectivity index (χ2n) is 4.53. The quantitative estimate of drug-likeness (QED) is 0.782. The van der Waals surface area contributed by atoms with E-state index >= 15 is 0 Å². The molecule has 2 saturated carbocycles. The highest BCUT2D eigenvalue weighted by Gasteiger charge is 2.67. The molecular weight excluding hydrogens is 216 g/mol. The predicted octanol–water partition coefficient (Wildman–Crippen LogP) is 3.33. The Kier molecular flexibility index (Phi) is 1.80. The van der Waals surface area contributed by atoms with E-state index in [0.29, 0.717) is 11.8 Å². The maximum absolute atomic E-state index is 10.5. The van der Waals surface area contributed by atoms with E-state index in [1.807, 2.05) is 12.3 Å². The molecule has 2 aliphatic rings. The normalized spacial score (nSPS) is 39.9. The van der Waals surface area contributed by atoms with Crippen LogP contribution in [0.5, 0.6) is 0 Å². The van der Waals surface area contributed by atoms with Crippen LogP contribution >= 0.6 is 22.9 Å². The van der Waals surface area contributed by atoms with Crippen molar-refractivity contribution in [2.24, 2.45) is 11.8 Å². The van der Waals surface area contributed by atoms with Crippen LogP contribution in [-0.4, -0.2) is 5.11 Å². The van der Waals surface area contributed by atoms with Crippen molar-refractivity contribution in [3.8, 4) is 0 Å². The molecule has 1 aromatic rings. The van der Waals surface area contributed by atoms with Crippen molar-refractivity contribution in [3.63, 3.8) is 0 Å². The highest BCUT2D eigenvalue weighted by molar-refractivity contribution is 7.11. The van der Waals surface area contributed by atoms with Crippen LogP contribution in [-0.2, 0) is 5.60 Å². The summed E-state index contributed by atoms with van der Waals surface area (Å²) in [6.45, 7) is 2.00. The lowest BCUT2D eigenvalue weighted by atomic mass is 10.1. The molecule has 3 heteroatoms. The fourth-order valence-electron chi connectivity index (χ4n) is 2.96. The van der Waals surface area contributed by atoms with Gasteiger partial charge >= 0.3 is 0 Å². The zero-order valence-corrected chi connectivity index (χ0v) is 9.66. The molecule has 0 spiro atoms. The Morgan fingerprint density at radius 2 is 2.14 bits per heavy atom. The second-order valence-corrected chi connectivity index (χ2v) is 5.79. The molecule has 2 unspecified atom stereocenters. The van der Waals surface area contributed by atoms with Crippen molar-refractivity contribution in [1.29, 1.82) is 0 Å². The number of hydrogen-bond donors (Lipinski definition) is 1. The molecule has 0 bridgehead atoms. The first-order valence-electron chi connectivity index (χ1n) is 5.12. The molecule has 1 heterocycles. The summed E-state index contributed by atoms with van der Waals surface area (Å²) in [5, 5.41) is 13.3. The zero-order valence-electron chi connectivity index (χ0n) is 8.09. The molecule has 2 aliphatic carbocycles. The Labute approximate surface area is 92.7 Å². The highest BCUT2D eigenvalue weighted by Crippen LogP contribution is 2.68. The molecule has 0 saturated heterocycles. The minimum absolute atomic E-state index is 0.498. The van der Waals surface area contributed by atoms with Gasteiger partial charge in [-0.2, -0.15) is 0 Å². The summed E-state index contributed by atoms with van der Waals surface area (Å²) < 4.78 is 0. The van der Waals surface area contributed by atoms with Crippen molar-refractivity contribution >= 4 is 22.9 Å². The molecule has 1 aromatic heterocycles. The van der Waals surface area contributed by atoms with Crippen molar-refractivity contribution in [2.75, 3.05) is 0 Å². The van der Waals surface area contributed by atoms with E-state index < -0.39 is 5.60 Å². The van der Waals surface area contributed by atoms with Gasteiger partial charge in [0.25, 0.3) is 0 Å². The number of fused-ring (bicyclic) bond motifs is 1. The first-order valence-corrected chi connectivity index (χ1v) is 6.38. The summed E-state index contributed by atoms with van der Waals surface area (Å²) in [4.78, 5) is 1.02. The maximum Gasteiger partial charge on any atom is 0.107 e. The monoisotopic (exact) mass is 228 g/mol. The molecule has 14 heavy (non-hydrogen) atoms. The van der Waals surface area contributed by atoms with Gasteiger partial charge in [0.05, 0.1) is 9.90 Å². The molecular formula is C11H13ClOS. The van der Waals surface area contributed by atoms with Crippen LogP contribution in [0.3, 0.4) is 0 Å². The van der Waals surface area contributed by atoms with Crippen LogP contribution < -0.4 is 0 Å². The topological polar surface area (TPSA) is 20.2 Å². The molecule has 2 atom stereocenters. The summed E-state index contributed by atoms with van der Waals surface area (Å²) in [6, 6.07) is 0. The number of rotatable bonds is 1. The van der Waals surface area contributed by atoms with Crippen LogP contribution in [0, 0.1) is 18.8 Å². The number of aliphatic hydroxyl groups is 1. The van der Waals surface area contributed by atoms with Crippen LogP contribution in [0.2, 0.25) is 5.02 Å². The second kappa shape index (κ2) is 2.75. The fourth-order valence-corrected chi connectivity index (χ4v) is 4.53. The maximum atomic E-state index is 10.5. The van der Waals surface area contributed by atoms with Gasteiger partial charge in [0.1, 0.15) is 5.60 Å². The SMILES string of the molecule is Cc1csc(C2(O)C3CCCC32)c1Cl. The van der Waals surface area contributed by atoms with Gasteiger partial charge in [0.2, 0.25) is 0 Å². The van der Waals surface area contributed by atoms with E-state index in [9.17, 15) is 5.11 Å². The fraction of sp³-hybridized carbons (Fsp3) is 0.636. The van der Waals surface area contributed by atoms with Crippen LogP contribution in [0.25, 0.3) is 0 Å². The van der Waals surface area contributed by atoms with E-state index in [-0.39, 0.29) is 0 Å². The molecule has 0 amide bonds. The first-order chi connectivity index (χ1) is 6.65. The molecule has 0 aliphatic heterocycles. The summed E-state index contributed by atoms with van der Waals surface area (Å²) >= 11 is 7.82. The minimum atomic E-state index is -0.547. The van der Waals surface area contributed by atoms with E-state index in [0.717, 1.165) is 15.5 Å². The Balaban J connectivity index is 2.01. The van der Waals surface area contributed by atoms with E-state index in [1.165, 1.54) is 19.3 Å². The summed E-state index contributed by atoms with van der Waals surface area (Å²) in [5.74, 6) is 0.996. The molecule has 76 valence electrons. The summed E-state index contributed by atoms with van der Waals surface area (Å²) in [7, 11) is 0. The third-order valence-corrected chi connectivity index (χ3v) is 5.64. The number of thiophene rings is 1. The van der Waals surface area contributed by atoms with Gasteiger partial charge in [-0.05, 0) is 42.5 Å². The molecule has 1 N–H and O–H groups in total. The molecule has 3 rings (SSSR count). The predicted molar refractivity (Wildman–Crippen MR) is 58.8 cm³/mol. The van der Waals surface area contributed by atoms with Gasteiger partial charge in [-0.25, -0.2) is 0 Å². The third-order valence-electron chi connectivity index (χ3n) is 3.80. The lowest BCUT2D eigenvalue weighted by molar-refractivity contribution is 0.109. The average Bonchev–Trinajstić information content (AvgIpc) is 2.63. The third kappa shape index (κ3) is 0.944. The van der Waals surface area contributed by atoms with Gasteiger partial charge in [-0.1, -0.05) is 18.0 Å². The number of hydrogen-bond acceptors (Lipinski definition) is 2. The number of aryl methyl sites for hydroxylation is 1. The molecule has 0 radical (unpaired) electrons. The zero-order chi connectivity index (χ0) is 9.92. The Hall–Kier alpha value is -0.0500. The Morgan fingerprint density at radius 3 is 2.64 bits per heavy atom. The van der Waals surface area contributed by atoms with Crippen molar-refractivity contribution in [1.82, 2.24) is 0 Å². The van der Waals surface area contributed by atoms with Crippen LogP contribution in [0.1, 0.15) is 29.7 Å². The Bertz CT molecular complexity index is 375. The van der Waals surface area contributed by atoms with Gasteiger partial charge in [-0.3, -0.25) is 0 Å². The molecule has 0 aromatic carbocycles. The van der Waals surface area contributed by atoms with E-state index in [4.69, 9.17) is 11.6 Å². The smallest absolute Gasteiger partial charge is 0.107 e. The highest BCUT2D eigenvalue weighted by atomic mass is 35.5. The summed E-state index contributed by atoms with van der Waals surface area (Å²) in [5.41, 5.74) is 0.555. The van der Waals surface area contributed by atoms with E-state index in [1.54, 1.807) is 11.3 Å². The van der Waals surface area contributed by atoms with Gasteiger partial charge in [0.15, 0.2) is 0 Å². The lowest BCUT2D eigenvalue weighted by Crippen LogP contribution is -2.11. The van der Waals surface area contributed by atoms with Crippen molar-refractivity contribution < 1.29 is 5.11 Å². The Morgan fingerprint density at radius 1 is 1.50 bits per heavy atom. The van der Waals surface area contributed by atoms with Gasteiger partial charge < -0.3 is 5.11 Å². The van der Waals surface area contributed by atoms with Crippen LogP contribution in [0.4, 0.5) is 0 Å². The first kappa shape index (κ1) is 9.20. The number of halogens is 1. The summed E-state index contributed by atoms with van der Waals surface area (Å²) in [6.07, 6.45) is 3.63. The van der Waals surface area contributed by atoms with E-state index in [2.05, 4.69) is 0 Å². The van der Waals surface area contributed by atoms with Crippen molar-refractivity contribution in [2.45, 2.75) is 31.8 Å². The molecule has 2 fully saturated rings. The van der Waals surface area contributed by atoms with Gasteiger partial charge in [0, 0.05) is 0 Å². The lowest BCUT2D eigenvalue weighted by Gasteiger charge is -2.12. The average molecular weight is 229 g/mol. The molecule has 1 nitrogen and oxygen atoms in total. The standard InChI is InChI=1S/C11H13ClOS/c1-6-5-14-10(9(6)12)11(13)7-3-2-4-8(7)11/h5,7-8,13H,2-4H2,1H3. The van der Waals surface area contributed by atoms with Gasteiger partial charge in [-0.15, -0.1) is 11.3 Å². The van der Waals surface area contributed by atoms with Crippen molar-refractivity contribution in [3.05, 3.63) is 20.8 Å². The minimum Gasteiger partial charge on any atom is -0.384 e. The largest absolute Gasteiger partial charge is 0.384 e. The van der Waals surface area contributed by atoms with Crippen LogP contribution in [0.15, 0.2) is 5.38 Å².